The van der Waals surface area contributed by atoms with Gasteiger partial charge in [0.25, 0.3) is 0 Å². The Hall–Kier alpha value is -2.13. The van der Waals surface area contributed by atoms with Crippen LogP contribution in [-0.2, 0) is 17.9 Å². The number of fused-ring (bicyclic) bond motifs is 1. The van der Waals surface area contributed by atoms with E-state index in [1.807, 2.05) is 18.2 Å². The highest BCUT2D eigenvalue weighted by Gasteiger charge is 2.24. The van der Waals surface area contributed by atoms with Crippen molar-refractivity contribution in [3.63, 3.8) is 0 Å². The van der Waals surface area contributed by atoms with E-state index in [4.69, 9.17) is 4.99 Å². The first kappa shape index (κ1) is 24.1. The van der Waals surface area contributed by atoms with E-state index in [9.17, 15) is 4.79 Å². The first-order chi connectivity index (χ1) is 14.0. The molecule has 1 unspecified atom stereocenters. The van der Waals surface area contributed by atoms with Gasteiger partial charge in [-0.25, -0.2) is 4.99 Å². The largest absolute Gasteiger partial charge is 0.357 e. The van der Waals surface area contributed by atoms with E-state index in [1.54, 1.807) is 0 Å². The van der Waals surface area contributed by atoms with Crippen LogP contribution < -0.4 is 16.0 Å². The number of hydrogen-bond donors (Lipinski definition) is 3. The third-order valence-corrected chi connectivity index (χ3v) is 4.91. The lowest BCUT2D eigenvalue weighted by Crippen LogP contribution is -2.40. The Kier molecular flexibility index (Phi) is 9.58. The Morgan fingerprint density at radius 1 is 1.10 bits per heavy atom. The van der Waals surface area contributed by atoms with Crippen molar-refractivity contribution in [2.45, 2.75) is 32.4 Å². The van der Waals surface area contributed by atoms with E-state index < -0.39 is 0 Å². The maximum absolute atomic E-state index is 12.0. The smallest absolute Gasteiger partial charge is 0.225 e. The second-order valence-corrected chi connectivity index (χ2v) is 7.67. The van der Waals surface area contributed by atoms with Gasteiger partial charge in [0.15, 0.2) is 5.96 Å². The van der Waals surface area contributed by atoms with Gasteiger partial charge in [0.2, 0.25) is 5.91 Å². The number of amides is 1. The topological polar surface area (TPSA) is 68.8 Å². The predicted octanol–water partition coefficient (Wildman–Crippen LogP) is 3.55. The van der Waals surface area contributed by atoms with Crippen molar-refractivity contribution in [2.75, 3.05) is 32.5 Å². The van der Waals surface area contributed by atoms with Gasteiger partial charge in [0.05, 0.1) is 6.54 Å². The van der Waals surface area contributed by atoms with Crippen molar-refractivity contribution in [3.8, 4) is 0 Å². The summed E-state index contributed by atoms with van der Waals surface area (Å²) in [5.41, 5.74) is 4.55. The monoisotopic (exact) mass is 521 g/mol. The SMILES string of the molecule is CCNC(=NCc1ccc(CN(C)C)cc1)NCC1CC(=O)Nc2ccccc21.I. The summed E-state index contributed by atoms with van der Waals surface area (Å²) >= 11 is 0. The summed E-state index contributed by atoms with van der Waals surface area (Å²) in [5.74, 6) is 0.970. The maximum atomic E-state index is 12.0. The molecule has 162 valence electrons. The molecule has 3 N–H and O–H groups in total. The average molecular weight is 521 g/mol. The molecule has 1 aliphatic heterocycles. The molecule has 7 heteroatoms. The number of rotatable bonds is 7. The maximum Gasteiger partial charge on any atom is 0.225 e. The summed E-state index contributed by atoms with van der Waals surface area (Å²) in [5, 5.41) is 9.66. The van der Waals surface area contributed by atoms with Crippen molar-refractivity contribution < 1.29 is 4.79 Å². The van der Waals surface area contributed by atoms with Crippen LogP contribution in [0.4, 0.5) is 5.69 Å². The van der Waals surface area contributed by atoms with E-state index >= 15 is 0 Å². The molecule has 0 spiro atoms. The molecule has 1 heterocycles. The predicted molar refractivity (Wildman–Crippen MR) is 134 cm³/mol. The Balaban J connectivity index is 0.00000320. The Bertz CT molecular complexity index is 851. The number of benzene rings is 2. The molecule has 0 saturated carbocycles. The van der Waals surface area contributed by atoms with E-state index in [1.165, 1.54) is 16.7 Å². The molecule has 2 aromatic rings. The van der Waals surface area contributed by atoms with E-state index in [-0.39, 0.29) is 35.8 Å². The second-order valence-electron chi connectivity index (χ2n) is 7.67. The number of aliphatic imine (C=N–C) groups is 1. The molecule has 0 aromatic heterocycles. The van der Waals surface area contributed by atoms with Crippen LogP contribution in [0.5, 0.6) is 0 Å². The van der Waals surface area contributed by atoms with Crippen molar-refractivity contribution in [3.05, 3.63) is 65.2 Å². The quantitative estimate of drug-likeness (QED) is 0.296. The highest BCUT2D eigenvalue weighted by Crippen LogP contribution is 2.31. The minimum atomic E-state index is 0. The summed E-state index contributed by atoms with van der Waals surface area (Å²) < 4.78 is 0. The number of hydrogen-bond acceptors (Lipinski definition) is 3. The summed E-state index contributed by atoms with van der Waals surface area (Å²) in [6, 6.07) is 16.6. The average Bonchev–Trinajstić information content (AvgIpc) is 2.70. The molecule has 6 nitrogen and oxygen atoms in total. The van der Waals surface area contributed by atoms with Gasteiger partial charge >= 0.3 is 0 Å². The second kappa shape index (κ2) is 11.9. The number of nitrogens with zero attached hydrogens (tertiary/aromatic N) is 2. The molecule has 0 fully saturated rings. The molecule has 0 aliphatic carbocycles. The summed E-state index contributed by atoms with van der Waals surface area (Å²) in [7, 11) is 4.14. The van der Waals surface area contributed by atoms with Crippen LogP contribution in [0.25, 0.3) is 0 Å². The first-order valence-corrected chi connectivity index (χ1v) is 10.2. The van der Waals surface area contributed by atoms with Crippen LogP contribution in [0.15, 0.2) is 53.5 Å². The lowest BCUT2D eigenvalue weighted by molar-refractivity contribution is -0.116. The van der Waals surface area contributed by atoms with Crippen LogP contribution in [0.1, 0.15) is 36.0 Å². The third kappa shape index (κ3) is 6.98. The van der Waals surface area contributed by atoms with Crippen LogP contribution in [0, 0.1) is 0 Å². The van der Waals surface area contributed by atoms with Crippen molar-refractivity contribution >= 4 is 41.5 Å². The molecule has 0 bridgehead atoms. The van der Waals surface area contributed by atoms with Crippen LogP contribution in [0.3, 0.4) is 0 Å². The number of halogens is 1. The summed E-state index contributed by atoms with van der Waals surface area (Å²) in [6.45, 7) is 5.05. The summed E-state index contributed by atoms with van der Waals surface area (Å²) in [4.78, 5) is 18.9. The number of carbonyl (C=O) groups is 1. The standard InChI is InChI=1S/C23H31N5O.HI/c1-4-24-23(25-14-17-9-11-18(12-10-17)16-28(2)3)26-15-19-13-22(29)27-21-8-6-5-7-20(19)21;/h5-12,19H,4,13-16H2,1-3H3,(H,27,29)(H2,24,25,26);1H. The van der Waals surface area contributed by atoms with Crippen molar-refractivity contribution in [2.24, 2.45) is 4.99 Å². The number of carbonyl (C=O) groups excluding carboxylic acids is 1. The highest BCUT2D eigenvalue weighted by atomic mass is 127. The fraction of sp³-hybridized carbons (Fsp3) is 0.391. The van der Waals surface area contributed by atoms with E-state index in [0.29, 0.717) is 19.5 Å². The van der Waals surface area contributed by atoms with Gasteiger partial charge in [0.1, 0.15) is 0 Å². The van der Waals surface area contributed by atoms with E-state index in [2.05, 4.69) is 72.2 Å². The lowest BCUT2D eigenvalue weighted by atomic mass is 9.90. The van der Waals surface area contributed by atoms with Gasteiger partial charge in [-0.05, 0) is 43.8 Å². The fourth-order valence-electron chi connectivity index (χ4n) is 3.53. The lowest BCUT2D eigenvalue weighted by Gasteiger charge is -2.26. The zero-order valence-corrected chi connectivity index (χ0v) is 20.3. The Morgan fingerprint density at radius 2 is 1.80 bits per heavy atom. The molecule has 1 aliphatic rings. The van der Waals surface area contributed by atoms with Gasteiger partial charge in [-0.1, -0.05) is 42.5 Å². The normalized spacial score (nSPS) is 15.8. The van der Waals surface area contributed by atoms with Gasteiger partial charge in [-0.2, -0.15) is 0 Å². The Labute approximate surface area is 196 Å². The number of para-hydroxylation sites is 1. The van der Waals surface area contributed by atoms with Crippen LogP contribution in [-0.4, -0.2) is 44.0 Å². The number of anilines is 1. The minimum Gasteiger partial charge on any atom is -0.357 e. The summed E-state index contributed by atoms with van der Waals surface area (Å²) in [6.07, 6.45) is 0.483. The molecular formula is C23H32IN5O. The number of nitrogens with one attached hydrogen (secondary N) is 3. The van der Waals surface area contributed by atoms with Crippen LogP contribution in [0.2, 0.25) is 0 Å². The molecule has 0 saturated heterocycles. The number of guanidine groups is 1. The van der Waals surface area contributed by atoms with Gasteiger partial charge < -0.3 is 20.9 Å². The minimum absolute atomic E-state index is 0. The zero-order valence-electron chi connectivity index (χ0n) is 17.9. The Morgan fingerprint density at radius 3 is 2.50 bits per heavy atom. The third-order valence-electron chi connectivity index (χ3n) is 4.91. The molecule has 3 rings (SSSR count). The first-order valence-electron chi connectivity index (χ1n) is 10.2. The molecule has 2 aromatic carbocycles. The molecule has 1 amide bonds. The molecule has 30 heavy (non-hydrogen) atoms. The highest BCUT2D eigenvalue weighted by molar-refractivity contribution is 14.0. The van der Waals surface area contributed by atoms with Crippen molar-refractivity contribution in [1.82, 2.24) is 15.5 Å². The van der Waals surface area contributed by atoms with Gasteiger partial charge in [0, 0.05) is 37.7 Å². The molecule has 1 atom stereocenters. The molecule has 0 radical (unpaired) electrons. The van der Waals surface area contributed by atoms with E-state index in [0.717, 1.165) is 24.7 Å². The van der Waals surface area contributed by atoms with Crippen molar-refractivity contribution in [1.29, 1.82) is 0 Å². The van der Waals surface area contributed by atoms with Crippen LogP contribution >= 0.6 is 24.0 Å². The zero-order chi connectivity index (χ0) is 20.6. The van der Waals surface area contributed by atoms with Gasteiger partial charge in [-0.3, -0.25) is 4.79 Å². The molecular weight excluding hydrogens is 489 g/mol. The van der Waals surface area contributed by atoms with Gasteiger partial charge in [-0.15, -0.1) is 24.0 Å². The fourth-order valence-corrected chi connectivity index (χ4v) is 3.53.